The van der Waals surface area contributed by atoms with E-state index in [1.165, 1.54) is 22.9 Å². The van der Waals surface area contributed by atoms with Gasteiger partial charge in [0, 0.05) is 33.2 Å². The van der Waals surface area contributed by atoms with E-state index in [1.54, 1.807) is 11.3 Å². The van der Waals surface area contributed by atoms with E-state index in [1.807, 2.05) is 19.1 Å². The highest BCUT2D eigenvalue weighted by Crippen LogP contribution is 2.48. The SMILES string of the molecule is Cc1ccc(CSc2nc3c(c(=O)[nH]2)C(c2ccc(C)s2)C2=C(CC(C)(C)CC2=O)N3)cc1. The van der Waals surface area contributed by atoms with Crippen LogP contribution in [-0.4, -0.2) is 15.8 Å². The average molecular weight is 478 g/mol. The molecule has 170 valence electrons. The minimum Gasteiger partial charge on any atom is -0.343 e. The topological polar surface area (TPSA) is 74.8 Å². The number of hydrogen-bond donors (Lipinski definition) is 2. The highest BCUT2D eigenvalue weighted by atomic mass is 32.2. The zero-order valence-electron chi connectivity index (χ0n) is 19.2. The number of aromatic amines is 1. The fourth-order valence-electron chi connectivity index (χ4n) is 4.69. The summed E-state index contributed by atoms with van der Waals surface area (Å²) in [6, 6.07) is 12.5. The Hall–Kier alpha value is -2.64. The zero-order chi connectivity index (χ0) is 23.3. The Labute approximate surface area is 201 Å². The Morgan fingerprint density at radius 1 is 1.09 bits per heavy atom. The molecule has 33 heavy (non-hydrogen) atoms. The largest absolute Gasteiger partial charge is 0.343 e. The smallest absolute Gasteiger partial charge is 0.257 e. The van der Waals surface area contributed by atoms with Crippen molar-refractivity contribution in [3.63, 3.8) is 0 Å². The van der Waals surface area contributed by atoms with Crippen LogP contribution >= 0.6 is 23.1 Å². The first-order valence-corrected chi connectivity index (χ1v) is 12.9. The molecule has 7 heteroatoms. The first kappa shape index (κ1) is 22.2. The van der Waals surface area contributed by atoms with E-state index in [-0.39, 0.29) is 22.7 Å². The third kappa shape index (κ3) is 4.32. The third-order valence-electron chi connectivity index (χ3n) is 6.24. The van der Waals surface area contributed by atoms with Gasteiger partial charge in [0.15, 0.2) is 10.9 Å². The maximum Gasteiger partial charge on any atom is 0.257 e. The molecule has 1 unspecified atom stereocenters. The standard InChI is InChI=1S/C26H27N3O2S2/c1-14-5-8-16(9-6-14)13-32-25-28-23-22(24(31)29-25)21(19-10-7-15(2)33-19)20-17(27-23)11-26(3,4)12-18(20)30/h5-10,21H,11-13H2,1-4H3,(H2,27,28,29,31). The van der Waals surface area contributed by atoms with Crippen LogP contribution in [0.15, 0.2) is 57.6 Å². The molecule has 0 amide bonds. The van der Waals surface area contributed by atoms with Gasteiger partial charge in [-0.05, 0) is 43.4 Å². The van der Waals surface area contributed by atoms with E-state index < -0.39 is 0 Å². The summed E-state index contributed by atoms with van der Waals surface area (Å²) >= 11 is 3.15. The number of rotatable bonds is 4. The van der Waals surface area contributed by atoms with Crippen LogP contribution in [0.5, 0.6) is 0 Å². The van der Waals surface area contributed by atoms with Gasteiger partial charge in [0.2, 0.25) is 0 Å². The molecular weight excluding hydrogens is 450 g/mol. The molecule has 0 saturated heterocycles. The fourth-order valence-corrected chi connectivity index (χ4v) is 6.50. The van der Waals surface area contributed by atoms with E-state index in [2.05, 4.69) is 55.3 Å². The first-order chi connectivity index (χ1) is 15.7. The number of fused-ring (bicyclic) bond motifs is 1. The van der Waals surface area contributed by atoms with Crippen LogP contribution in [0.2, 0.25) is 0 Å². The monoisotopic (exact) mass is 477 g/mol. The molecule has 0 fully saturated rings. The maximum atomic E-state index is 13.4. The summed E-state index contributed by atoms with van der Waals surface area (Å²) in [7, 11) is 0. The number of aryl methyl sites for hydroxylation is 2. The Morgan fingerprint density at radius 3 is 2.55 bits per heavy atom. The fraction of sp³-hybridized carbons (Fsp3) is 0.346. The molecule has 0 saturated carbocycles. The quantitative estimate of drug-likeness (QED) is 0.359. The number of carbonyl (C=O) groups is 1. The van der Waals surface area contributed by atoms with Crippen molar-refractivity contribution in [2.45, 2.75) is 57.4 Å². The van der Waals surface area contributed by atoms with E-state index in [0.29, 0.717) is 23.0 Å². The summed E-state index contributed by atoms with van der Waals surface area (Å²) < 4.78 is 0. The van der Waals surface area contributed by atoms with Crippen molar-refractivity contribution in [3.8, 4) is 0 Å². The molecule has 1 aliphatic carbocycles. The molecule has 0 bridgehead atoms. The van der Waals surface area contributed by atoms with Crippen molar-refractivity contribution in [1.82, 2.24) is 9.97 Å². The minimum absolute atomic E-state index is 0.118. The molecule has 2 N–H and O–H groups in total. The van der Waals surface area contributed by atoms with Gasteiger partial charge >= 0.3 is 0 Å². The van der Waals surface area contributed by atoms with Crippen molar-refractivity contribution >= 4 is 34.7 Å². The average Bonchev–Trinajstić information content (AvgIpc) is 3.17. The van der Waals surface area contributed by atoms with Crippen molar-refractivity contribution in [2.24, 2.45) is 5.41 Å². The predicted molar refractivity (Wildman–Crippen MR) is 135 cm³/mol. The number of thioether (sulfide) groups is 1. The Morgan fingerprint density at radius 2 is 1.85 bits per heavy atom. The molecule has 2 aromatic heterocycles. The number of nitrogens with one attached hydrogen (secondary N) is 2. The van der Waals surface area contributed by atoms with Crippen LogP contribution in [0.4, 0.5) is 5.82 Å². The van der Waals surface area contributed by atoms with Crippen molar-refractivity contribution < 1.29 is 4.79 Å². The maximum absolute atomic E-state index is 13.4. The number of anilines is 1. The van der Waals surface area contributed by atoms with Crippen LogP contribution in [0.25, 0.3) is 0 Å². The van der Waals surface area contributed by atoms with Gasteiger partial charge in [-0.25, -0.2) is 4.98 Å². The highest BCUT2D eigenvalue weighted by molar-refractivity contribution is 7.98. The molecule has 0 radical (unpaired) electrons. The number of nitrogens with zero attached hydrogens (tertiary/aromatic N) is 1. The van der Waals surface area contributed by atoms with Crippen LogP contribution in [0.3, 0.4) is 0 Å². The summed E-state index contributed by atoms with van der Waals surface area (Å²) in [6.07, 6.45) is 1.24. The highest BCUT2D eigenvalue weighted by Gasteiger charge is 2.42. The normalized spacial score (nSPS) is 19.2. The van der Waals surface area contributed by atoms with Gasteiger partial charge < -0.3 is 10.3 Å². The van der Waals surface area contributed by atoms with Crippen LogP contribution < -0.4 is 10.9 Å². The van der Waals surface area contributed by atoms with Crippen LogP contribution in [0.1, 0.15) is 59.1 Å². The lowest BCUT2D eigenvalue weighted by Gasteiger charge is -2.38. The lowest BCUT2D eigenvalue weighted by Crippen LogP contribution is -2.36. The minimum atomic E-state index is -0.369. The molecule has 2 aliphatic rings. The van der Waals surface area contributed by atoms with E-state index in [4.69, 9.17) is 4.98 Å². The number of allylic oxidation sites excluding steroid dienone is 2. The summed E-state index contributed by atoms with van der Waals surface area (Å²) in [4.78, 5) is 36.6. The van der Waals surface area contributed by atoms with E-state index in [9.17, 15) is 9.59 Å². The van der Waals surface area contributed by atoms with Gasteiger partial charge in [-0.2, -0.15) is 0 Å². The summed E-state index contributed by atoms with van der Waals surface area (Å²) in [5.74, 6) is 1.04. The van der Waals surface area contributed by atoms with E-state index >= 15 is 0 Å². The van der Waals surface area contributed by atoms with E-state index in [0.717, 1.165) is 33.2 Å². The Kier molecular flexibility index (Phi) is 5.57. The number of benzene rings is 1. The third-order valence-corrected chi connectivity index (χ3v) is 8.25. The number of H-pyrrole nitrogens is 1. The molecule has 3 heterocycles. The molecule has 3 aromatic rings. The van der Waals surface area contributed by atoms with Gasteiger partial charge in [0.05, 0.1) is 11.5 Å². The molecule has 5 nitrogen and oxygen atoms in total. The van der Waals surface area contributed by atoms with Gasteiger partial charge in [0.1, 0.15) is 5.82 Å². The van der Waals surface area contributed by atoms with Crippen LogP contribution in [0, 0.1) is 19.3 Å². The zero-order valence-corrected chi connectivity index (χ0v) is 20.9. The number of ketones is 1. The Bertz CT molecular complexity index is 1330. The van der Waals surface area contributed by atoms with Crippen molar-refractivity contribution in [2.75, 3.05) is 5.32 Å². The molecular formula is C26H27N3O2S2. The number of carbonyl (C=O) groups excluding carboxylic acids is 1. The van der Waals surface area contributed by atoms with Gasteiger partial charge in [0.25, 0.3) is 5.56 Å². The predicted octanol–water partition coefficient (Wildman–Crippen LogP) is 5.94. The summed E-state index contributed by atoms with van der Waals surface area (Å²) in [5, 5.41) is 3.98. The molecule has 1 aliphatic heterocycles. The number of aromatic nitrogens is 2. The lowest BCUT2D eigenvalue weighted by molar-refractivity contribution is -0.118. The van der Waals surface area contributed by atoms with Crippen molar-refractivity contribution in [3.05, 3.63) is 84.5 Å². The van der Waals surface area contributed by atoms with Crippen molar-refractivity contribution in [1.29, 1.82) is 0 Å². The number of thiophene rings is 1. The molecule has 0 spiro atoms. The second-order valence-corrected chi connectivity index (χ2v) is 12.0. The molecule has 1 atom stereocenters. The van der Waals surface area contributed by atoms with Crippen LogP contribution in [-0.2, 0) is 10.5 Å². The Balaban J connectivity index is 1.56. The van der Waals surface area contributed by atoms with Gasteiger partial charge in [-0.15, -0.1) is 11.3 Å². The first-order valence-electron chi connectivity index (χ1n) is 11.1. The number of hydrogen-bond acceptors (Lipinski definition) is 6. The van der Waals surface area contributed by atoms with Gasteiger partial charge in [-0.1, -0.05) is 55.4 Å². The lowest BCUT2D eigenvalue weighted by atomic mass is 9.70. The summed E-state index contributed by atoms with van der Waals surface area (Å²) in [5.41, 5.74) is 4.28. The summed E-state index contributed by atoms with van der Waals surface area (Å²) in [6.45, 7) is 8.34. The molecule has 5 rings (SSSR count). The second-order valence-electron chi connectivity index (χ2n) is 9.75. The molecule has 1 aromatic carbocycles. The number of Topliss-reactive ketones (excluding diaryl/α,β-unsaturated/α-hetero) is 1. The second kappa shape index (κ2) is 8.29. The van der Waals surface area contributed by atoms with Gasteiger partial charge in [-0.3, -0.25) is 9.59 Å².